The topological polar surface area (TPSA) is 91.2 Å². The Morgan fingerprint density at radius 2 is 1.96 bits per heavy atom. The van der Waals surface area contributed by atoms with Crippen molar-refractivity contribution in [2.45, 2.75) is 24.3 Å². The van der Waals surface area contributed by atoms with Crippen molar-refractivity contribution in [1.29, 1.82) is 0 Å². The summed E-state index contributed by atoms with van der Waals surface area (Å²) in [6.45, 7) is 4.32. The number of thioether (sulfide) groups is 1. The first-order chi connectivity index (χ1) is 13.6. The average Bonchev–Trinajstić information content (AvgIpc) is 3.17. The standard InChI is InChI=1S/C19H21N5O3S/c1-4-27-15-11-9-14(10-12-15)20-18(25)13(2)28-19-21-22-23-24(19)16-7-5-6-8-17(16)26-3/h5-13H,4H2,1-3H3,(H,20,25)/t13-/m0/s1. The number of hydrogen-bond acceptors (Lipinski definition) is 7. The molecule has 0 unspecified atom stereocenters. The SMILES string of the molecule is CCOc1ccc(NC(=O)[C@H](C)Sc2nnnn2-c2ccccc2OC)cc1. The predicted molar refractivity (Wildman–Crippen MR) is 107 cm³/mol. The predicted octanol–water partition coefficient (Wildman–Crippen LogP) is 3.19. The Labute approximate surface area is 167 Å². The summed E-state index contributed by atoms with van der Waals surface area (Å²) in [7, 11) is 1.59. The quantitative estimate of drug-likeness (QED) is 0.582. The minimum atomic E-state index is -0.411. The molecule has 1 heterocycles. The van der Waals surface area contributed by atoms with Crippen molar-refractivity contribution < 1.29 is 14.3 Å². The zero-order valence-electron chi connectivity index (χ0n) is 15.8. The molecule has 0 bridgehead atoms. The van der Waals surface area contributed by atoms with Gasteiger partial charge in [-0.15, -0.1) is 5.10 Å². The Morgan fingerprint density at radius 1 is 1.21 bits per heavy atom. The Balaban J connectivity index is 1.69. The van der Waals surface area contributed by atoms with Crippen LogP contribution in [0.5, 0.6) is 11.5 Å². The highest BCUT2D eigenvalue weighted by Gasteiger charge is 2.20. The highest BCUT2D eigenvalue weighted by atomic mass is 32.2. The lowest BCUT2D eigenvalue weighted by Crippen LogP contribution is -2.22. The van der Waals surface area contributed by atoms with Crippen molar-refractivity contribution in [1.82, 2.24) is 20.2 Å². The number of para-hydroxylation sites is 2. The third-order valence-corrected chi connectivity index (χ3v) is 4.87. The first-order valence-corrected chi connectivity index (χ1v) is 9.62. The maximum Gasteiger partial charge on any atom is 0.237 e. The second kappa shape index (κ2) is 9.23. The molecule has 28 heavy (non-hydrogen) atoms. The highest BCUT2D eigenvalue weighted by molar-refractivity contribution is 8.00. The van der Waals surface area contributed by atoms with Gasteiger partial charge >= 0.3 is 0 Å². The van der Waals surface area contributed by atoms with Gasteiger partial charge in [-0.3, -0.25) is 4.79 Å². The summed E-state index contributed by atoms with van der Waals surface area (Å²) >= 11 is 1.26. The Morgan fingerprint density at radius 3 is 2.68 bits per heavy atom. The Bertz CT molecular complexity index is 929. The second-order valence-electron chi connectivity index (χ2n) is 5.75. The van der Waals surface area contributed by atoms with E-state index in [1.807, 2.05) is 43.3 Å². The van der Waals surface area contributed by atoms with Gasteiger partial charge in [-0.25, -0.2) is 0 Å². The summed E-state index contributed by atoms with van der Waals surface area (Å²) < 4.78 is 12.3. The number of anilines is 1. The molecule has 0 radical (unpaired) electrons. The summed E-state index contributed by atoms with van der Waals surface area (Å²) in [6, 6.07) is 14.7. The van der Waals surface area contributed by atoms with Crippen LogP contribution in [0.15, 0.2) is 53.7 Å². The molecule has 0 aliphatic heterocycles. The van der Waals surface area contributed by atoms with Crippen molar-refractivity contribution in [3.8, 4) is 17.2 Å². The van der Waals surface area contributed by atoms with Crippen molar-refractivity contribution in [2.75, 3.05) is 19.0 Å². The summed E-state index contributed by atoms with van der Waals surface area (Å²) in [5.74, 6) is 1.26. The van der Waals surface area contributed by atoms with Crippen molar-refractivity contribution in [2.24, 2.45) is 0 Å². The van der Waals surface area contributed by atoms with E-state index < -0.39 is 5.25 Å². The number of nitrogens with one attached hydrogen (secondary N) is 1. The van der Waals surface area contributed by atoms with Crippen LogP contribution in [0.1, 0.15) is 13.8 Å². The summed E-state index contributed by atoms with van der Waals surface area (Å²) in [5.41, 5.74) is 1.40. The van der Waals surface area contributed by atoms with Gasteiger partial charge in [0.05, 0.1) is 19.0 Å². The van der Waals surface area contributed by atoms with Crippen LogP contribution in [0.25, 0.3) is 5.69 Å². The second-order valence-corrected chi connectivity index (χ2v) is 7.06. The van der Waals surface area contributed by atoms with Crippen LogP contribution in [0.2, 0.25) is 0 Å². The lowest BCUT2D eigenvalue weighted by atomic mass is 10.3. The number of hydrogen-bond donors (Lipinski definition) is 1. The molecule has 1 amide bonds. The number of amides is 1. The number of benzene rings is 2. The number of carbonyl (C=O) groups excluding carboxylic acids is 1. The molecule has 2 aromatic carbocycles. The first-order valence-electron chi connectivity index (χ1n) is 8.74. The van der Waals surface area contributed by atoms with Gasteiger partial charge in [-0.05, 0) is 60.7 Å². The summed E-state index contributed by atoms with van der Waals surface area (Å²) in [4.78, 5) is 12.6. The fraction of sp³-hybridized carbons (Fsp3) is 0.263. The molecule has 0 aliphatic carbocycles. The summed E-state index contributed by atoms with van der Waals surface area (Å²) in [5, 5.41) is 14.8. The molecule has 0 spiro atoms. The van der Waals surface area contributed by atoms with E-state index in [1.54, 1.807) is 30.8 Å². The van der Waals surface area contributed by atoms with E-state index in [1.165, 1.54) is 11.8 Å². The van der Waals surface area contributed by atoms with Crippen LogP contribution in [0.3, 0.4) is 0 Å². The van der Waals surface area contributed by atoms with E-state index in [9.17, 15) is 4.79 Å². The van der Waals surface area contributed by atoms with Crippen LogP contribution < -0.4 is 14.8 Å². The van der Waals surface area contributed by atoms with Crippen LogP contribution in [-0.4, -0.2) is 45.1 Å². The Hall–Kier alpha value is -3.07. The number of methoxy groups -OCH3 is 1. The van der Waals surface area contributed by atoms with Gasteiger partial charge in [-0.2, -0.15) is 4.68 Å². The lowest BCUT2D eigenvalue weighted by Gasteiger charge is -2.13. The molecular formula is C19H21N5O3S. The molecular weight excluding hydrogens is 378 g/mol. The molecule has 0 saturated heterocycles. The fourth-order valence-electron chi connectivity index (χ4n) is 2.47. The third kappa shape index (κ3) is 4.61. The molecule has 0 aliphatic rings. The van der Waals surface area contributed by atoms with E-state index in [0.29, 0.717) is 28.9 Å². The number of tetrazole rings is 1. The van der Waals surface area contributed by atoms with E-state index >= 15 is 0 Å². The molecule has 8 nitrogen and oxygen atoms in total. The van der Waals surface area contributed by atoms with Gasteiger partial charge in [0.2, 0.25) is 11.1 Å². The monoisotopic (exact) mass is 399 g/mol. The Kier molecular flexibility index (Phi) is 6.49. The molecule has 9 heteroatoms. The lowest BCUT2D eigenvalue weighted by molar-refractivity contribution is -0.115. The highest BCUT2D eigenvalue weighted by Crippen LogP contribution is 2.28. The summed E-state index contributed by atoms with van der Waals surface area (Å²) in [6.07, 6.45) is 0. The molecule has 1 aromatic heterocycles. The maximum absolute atomic E-state index is 12.6. The zero-order chi connectivity index (χ0) is 19.9. The molecule has 3 rings (SSSR count). The van der Waals surface area contributed by atoms with Crippen molar-refractivity contribution in [3.63, 3.8) is 0 Å². The smallest absolute Gasteiger partial charge is 0.237 e. The van der Waals surface area contributed by atoms with Gasteiger partial charge in [0.1, 0.15) is 17.2 Å². The zero-order valence-corrected chi connectivity index (χ0v) is 16.6. The van der Waals surface area contributed by atoms with Crippen LogP contribution in [0, 0.1) is 0 Å². The van der Waals surface area contributed by atoms with E-state index in [4.69, 9.17) is 9.47 Å². The number of rotatable bonds is 8. The first kappa shape index (κ1) is 19.7. The molecule has 0 saturated carbocycles. The molecule has 3 aromatic rings. The minimum absolute atomic E-state index is 0.149. The minimum Gasteiger partial charge on any atom is -0.494 e. The van der Waals surface area contributed by atoms with E-state index in [-0.39, 0.29) is 5.91 Å². The molecule has 1 N–H and O–H groups in total. The van der Waals surface area contributed by atoms with Crippen LogP contribution >= 0.6 is 11.8 Å². The molecule has 1 atom stereocenters. The van der Waals surface area contributed by atoms with Gasteiger partial charge in [0.25, 0.3) is 0 Å². The van der Waals surface area contributed by atoms with Crippen LogP contribution in [0.4, 0.5) is 5.69 Å². The van der Waals surface area contributed by atoms with Gasteiger partial charge in [0, 0.05) is 5.69 Å². The van der Waals surface area contributed by atoms with Gasteiger partial charge < -0.3 is 14.8 Å². The van der Waals surface area contributed by atoms with Crippen molar-refractivity contribution >= 4 is 23.4 Å². The molecule has 146 valence electrons. The largest absolute Gasteiger partial charge is 0.494 e. The average molecular weight is 399 g/mol. The molecule has 0 fully saturated rings. The van der Waals surface area contributed by atoms with Crippen molar-refractivity contribution in [3.05, 3.63) is 48.5 Å². The maximum atomic E-state index is 12.6. The van der Waals surface area contributed by atoms with Gasteiger partial charge in [0.15, 0.2) is 0 Å². The van der Waals surface area contributed by atoms with Gasteiger partial charge in [-0.1, -0.05) is 23.9 Å². The fourth-order valence-corrected chi connectivity index (χ4v) is 3.27. The van der Waals surface area contributed by atoms with E-state index in [2.05, 4.69) is 20.8 Å². The number of aromatic nitrogens is 4. The third-order valence-electron chi connectivity index (χ3n) is 3.84. The number of nitrogens with zero attached hydrogens (tertiary/aromatic N) is 4. The van der Waals surface area contributed by atoms with E-state index in [0.717, 1.165) is 5.75 Å². The number of carbonyl (C=O) groups is 1. The normalized spacial score (nSPS) is 11.7. The van der Waals surface area contributed by atoms with Crippen LogP contribution in [-0.2, 0) is 4.79 Å². The number of ether oxygens (including phenoxy) is 2.